The van der Waals surface area contributed by atoms with Crippen LogP contribution >= 0.6 is 0 Å². The number of aliphatic hydroxyl groups excluding tert-OH is 2. The van der Waals surface area contributed by atoms with Gasteiger partial charge in [-0.25, -0.2) is 0 Å². The number of rotatable bonds is 22. The lowest BCUT2D eigenvalue weighted by Crippen LogP contribution is -2.39. The SMILES string of the molecule is CCCCCCCCC(O)CN(CCCNC)CC(O)CCCCCCCC. The molecule has 28 heavy (non-hydrogen) atoms. The fraction of sp³-hybridized carbons (Fsp3) is 1.00. The van der Waals surface area contributed by atoms with E-state index in [0.29, 0.717) is 13.1 Å². The van der Waals surface area contributed by atoms with E-state index in [4.69, 9.17) is 0 Å². The van der Waals surface area contributed by atoms with E-state index in [0.717, 1.165) is 45.2 Å². The Balaban J connectivity index is 4.04. The third-order valence-corrected chi connectivity index (χ3v) is 5.62. The predicted molar refractivity (Wildman–Crippen MR) is 123 cm³/mol. The molecule has 0 fully saturated rings. The van der Waals surface area contributed by atoms with Crippen LogP contribution in [0.5, 0.6) is 0 Å². The third kappa shape index (κ3) is 19.2. The van der Waals surface area contributed by atoms with Crippen molar-refractivity contribution in [3.63, 3.8) is 0 Å². The van der Waals surface area contributed by atoms with E-state index in [9.17, 15) is 10.2 Å². The van der Waals surface area contributed by atoms with Crippen molar-refractivity contribution in [2.45, 2.75) is 122 Å². The molecule has 0 bridgehead atoms. The molecule has 0 amide bonds. The van der Waals surface area contributed by atoms with Crippen molar-refractivity contribution in [1.29, 1.82) is 0 Å². The summed E-state index contributed by atoms with van der Waals surface area (Å²) in [6, 6.07) is 0. The van der Waals surface area contributed by atoms with Gasteiger partial charge in [-0.2, -0.15) is 0 Å². The number of hydrogen-bond donors (Lipinski definition) is 3. The van der Waals surface area contributed by atoms with Gasteiger partial charge in [0.1, 0.15) is 0 Å². The first-order valence-corrected chi connectivity index (χ1v) is 12.4. The third-order valence-electron chi connectivity index (χ3n) is 5.62. The molecular formula is C24H52N2O2. The largest absolute Gasteiger partial charge is 0.392 e. The average molecular weight is 401 g/mol. The highest BCUT2D eigenvalue weighted by Gasteiger charge is 2.15. The maximum absolute atomic E-state index is 10.4. The molecule has 0 saturated heterocycles. The number of aliphatic hydroxyl groups is 2. The molecule has 2 unspecified atom stereocenters. The molecule has 0 aliphatic heterocycles. The van der Waals surface area contributed by atoms with Gasteiger partial charge < -0.3 is 15.5 Å². The lowest BCUT2D eigenvalue weighted by atomic mass is 10.1. The Morgan fingerprint density at radius 1 is 0.643 bits per heavy atom. The van der Waals surface area contributed by atoms with Crippen LogP contribution in [0.2, 0.25) is 0 Å². The second kappa shape index (κ2) is 21.5. The van der Waals surface area contributed by atoms with Crippen molar-refractivity contribution in [2.24, 2.45) is 0 Å². The van der Waals surface area contributed by atoms with Gasteiger partial charge in [0.2, 0.25) is 0 Å². The molecule has 3 N–H and O–H groups in total. The fourth-order valence-electron chi connectivity index (χ4n) is 3.84. The summed E-state index contributed by atoms with van der Waals surface area (Å²) in [5.41, 5.74) is 0. The Morgan fingerprint density at radius 2 is 1.07 bits per heavy atom. The molecule has 0 saturated carbocycles. The summed E-state index contributed by atoms with van der Waals surface area (Å²) in [6.45, 7) is 7.82. The zero-order valence-corrected chi connectivity index (χ0v) is 19.4. The maximum Gasteiger partial charge on any atom is 0.0667 e. The van der Waals surface area contributed by atoms with Crippen molar-refractivity contribution in [3.05, 3.63) is 0 Å². The summed E-state index contributed by atoms with van der Waals surface area (Å²) in [5, 5.41) is 24.1. The number of nitrogens with zero attached hydrogens (tertiary/aromatic N) is 1. The van der Waals surface area contributed by atoms with Crippen LogP contribution in [0, 0.1) is 0 Å². The minimum atomic E-state index is -0.262. The second-order valence-corrected chi connectivity index (χ2v) is 8.64. The molecule has 2 atom stereocenters. The maximum atomic E-state index is 10.4. The predicted octanol–water partition coefficient (Wildman–Crippen LogP) is 5.12. The summed E-state index contributed by atoms with van der Waals surface area (Å²) in [4.78, 5) is 2.28. The number of unbranched alkanes of at least 4 members (excludes halogenated alkanes) is 10. The van der Waals surface area contributed by atoms with Crippen LogP contribution in [-0.2, 0) is 0 Å². The van der Waals surface area contributed by atoms with Crippen molar-refractivity contribution < 1.29 is 10.2 Å². The molecule has 170 valence electrons. The molecule has 0 aliphatic rings. The minimum Gasteiger partial charge on any atom is -0.392 e. The highest BCUT2D eigenvalue weighted by atomic mass is 16.3. The Morgan fingerprint density at radius 3 is 1.50 bits per heavy atom. The summed E-state index contributed by atoms with van der Waals surface area (Å²) in [7, 11) is 1.98. The van der Waals surface area contributed by atoms with E-state index in [1.807, 2.05) is 7.05 Å². The molecule has 0 spiro atoms. The molecule has 0 heterocycles. The smallest absolute Gasteiger partial charge is 0.0667 e. The van der Waals surface area contributed by atoms with E-state index in [1.165, 1.54) is 64.2 Å². The molecule has 0 aromatic carbocycles. The number of hydrogen-bond acceptors (Lipinski definition) is 4. The Bertz CT molecular complexity index is 278. The highest BCUT2D eigenvalue weighted by Crippen LogP contribution is 2.12. The van der Waals surface area contributed by atoms with Gasteiger partial charge in [-0.05, 0) is 39.4 Å². The molecule has 0 aliphatic carbocycles. The minimum absolute atomic E-state index is 0.262. The van der Waals surface area contributed by atoms with Crippen LogP contribution in [0.15, 0.2) is 0 Å². The molecule has 0 aromatic heterocycles. The van der Waals surface area contributed by atoms with Gasteiger partial charge >= 0.3 is 0 Å². The average Bonchev–Trinajstić information content (AvgIpc) is 2.67. The van der Waals surface area contributed by atoms with Gasteiger partial charge in [0.15, 0.2) is 0 Å². The zero-order valence-electron chi connectivity index (χ0n) is 19.4. The Labute approximate surface area is 176 Å². The van der Waals surface area contributed by atoms with E-state index < -0.39 is 0 Å². The normalized spacial score (nSPS) is 13.9. The summed E-state index contributed by atoms with van der Waals surface area (Å²) < 4.78 is 0. The van der Waals surface area contributed by atoms with Crippen LogP contribution in [0.25, 0.3) is 0 Å². The molecule has 4 nitrogen and oxygen atoms in total. The van der Waals surface area contributed by atoms with Gasteiger partial charge in [0.25, 0.3) is 0 Å². The number of nitrogens with one attached hydrogen (secondary N) is 1. The van der Waals surface area contributed by atoms with Gasteiger partial charge in [-0.15, -0.1) is 0 Å². The van der Waals surface area contributed by atoms with E-state index >= 15 is 0 Å². The summed E-state index contributed by atoms with van der Waals surface area (Å²) >= 11 is 0. The van der Waals surface area contributed by atoms with Crippen molar-refractivity contribution in [2.75, 3.05) is 33.2 Å². The van der Waals surface area contributed by atoms with Gasteiger partial charge in [0, 0.05) is 13.1 Å². The molecule has 4 heteroatoms. The van der Waals surface area contributed by atoms with Crippen LogP contribution in [0.3, 0.4) is 0 Å². The summed E-state index contributed by atoms with van der Waals surface area (Å²) in [6.07, 6.45) is 17.5. The van der Waals surface area contributed by atoms with Crippen LogP contribution in [0.4, 0.5) is 0 Å². The van der Waals surface area contributed by atoms with Gasteiger partial charge in [0.05, 0.1) is 12.2 Å². The summed E-state index contributed by atoms with van der Waals surface area (Å²) in [5.74, 6) is 0. The van der Waals surface area contributed by atoms with Gasteiger partial charge in [-0.3, -0.25) is 4.90 Å². The Hall–Kier alpha value is -0.160. The standard InChI is InChI=1S/C24H52N2O2/c1-4-6-8-10-12-14-17-23(27)21-26(20-16-19-25-3)22-24(28)18-15-13-11-9-7-5-2/h23-25,27-28H,4-22H2,1-3H3. The second-order valence-electron chi connectivity index (χ2n) is 8.64. The van der Waals surface area contributed by atoms with Crippen molar-refractivity contribution in [3.8, 4) is 0 Å². The monoisotopic (exact) mass is 400 g/mol. The van der Waals surface area contributed by atoms with E-state index in [1.54, 1.807) is 0 Å². The molecule has 0 aromatic rings. The van der Waals surface area contributed by atoms with Crippen LogP contribution < -0.4 is 5.32 Å². The zero-order chi connectivity index (χ0) is 20.9. The lowest BCUT2D eigenvalue weighted by molar-refractivity contribution is 0.0600. The fourth-order valence-corrected chi connectivity index (χ4v) is 3.84. The van der Waals surface area contributed by atoms with Crippen molar-refractivity contribution >= 4 is 0 Å². The first kappa shape index (κ1) is 27.8. The first-order valence-electron chi connectivity index (χ1n) is 12.4. The molecule has 0 radical (unpaired) electrons. The lowest BCUT2D eigenvalue weighted by Gasteiger charge is -2.27. The van der Waals surface area contributed by atoms with E-state index in [2.05, 4.69) is 24.1 Å². The molecule has 0 rings (SSSR count). The topological polar surface area (TPSA) is 55.7 Å². The van der Waals surface area contributed by atoms with Crippen LogP contribution in [-0.4, -0.2) is 60.5 Å². The Kier molecular flexibility index (Phi) is 21.4. The van der Waals surface area contributed by atoms with Crippen LogP contribution in [0.1, 0.15) is 110 Å². The first-order chi connectivity index (χ1) is 13.6. The highest BCUT2D eigenvalue weighted by molar-refractivity contribution is 4.70. The molecular weight excluding hydrogens is 348 g/mol. The van der Waals surface area contributed by atoms with Crippen molar-refractivity contribution in [1.82, 2.24) is 10.2 Å². The quantitative estimate of drug-likeness (QED) is 0.221. The van der Waals surface area contributed by atoms with Gasteiger partial charge in [-0.1, -0.05) is 90.9 Å². The van der Waals surface area contributed by atoms with E-state index in [-0.39, 0.29) is 12.2 Å².